The summed E-state index contributed by atoms with van der Waals surface area (Å²) < 4.78 is 13.9. The van der Waals surface area contributed by atoms with Gasteiger partial charge in [0.25, 0.3) is 0 Å². The van der Waals surface area contributed by atoms with E-state index in [1.165, 1.54) is 6.07 Å². The number of anilines is 2. The predicted molar refractivity (Wildman–Crippen MR) is 79.1 cm³/mol. The quantitative estimate of drug-likeness (QED) is 0.934. The van der Waals surface area contributed by atoms with Gasteiger partial charge in [-0.25, -0.2) is 14.4 Å². The van der Waals surface area contributed by atoms with E-state index in [2.05, 4.69) is 9.97 Å². The summed E-state index contributed by atoms with van der Waals surface area (Å²) in [5.74, 6) is 1.57. The molecule has 0 fully saturated rings. The maximum absolute atomic E-state index is 13.9. The number of nitrogen functional groups attached to an aromatic ring is 1. The highest BCUT2D eigenvalue weighted by Crippen LogP contribution is 2.29. The molecule has 0 aliphatic heterocycles. The lowest BCUT2D eigenvalue weighted by Gasteiger charge is -2.28. The van der Waals surface area contributed by atoms with Crippen LogP contribution in [0.2, 0.25) is 0 Å². The number of rotatable bonds is 3. The van der Waals surface area contributed by atoms with Crippen LogP contribution in [-0.4, -0.2) is 17.0 Å². The summed E-state index contributed by atoms with van der Waals surface area (Å²) in [5, 5.41) is 0. The molecule has 5 heteroatoms. The molecule has 2 aromatic rings. The average Bonchev–Trinajstić information content (AvgIpc) is 2.42. The molecule has 1 heterocycles. The lowest BCUT2D eigenvalue weighted by Crippen LogP contribution is -2.25. The predicted octanol–water partition coefficient (Wildman–Crippen LogP) is 3.01. The maximum atomic E-state index is 13.9. The number of nitrogens with zero attached hydrogens (tertiary/aromatic N) is 3. The Hall–Kier alpha value is -2.17. The summed E-state index contributed by atoms with van der Waals surface area (Å²) in [7, 11) is 1.88. The first-order valence-corrected chi connectivity index (χ1v) is 6.49. The minimum Gasteiger partial charge on any atom is -0.383 e. The molecule has 20 heavy (non-hydrogen) atoms. The third kappa shape index (κ3) is 2.57. The van der Waals surface area contributed by atoms with Crippen molar-refractivity contribution in [3.63, 3.8) is 0 Å². The second kappa shape index (κ2) is 5.45. The van der Waals surface area contributed by atoms with Crippen molar-refractivity contribution in [2.45, 2.75) is 26.8 Å². The smallest absolute Gasteiger partial charge is 0.137 e. The van der Waals surface area contributed by atoms with E-state index < -0.39 is 0 Å². The van der Waals surface area contributed by atoms with Crippen LogP contribution < -0.4 is 10.6 Å². The van der Waals surface area contributed by atoms with Gasteiger partial charge in [0.2, 0.25) is 0 Å². The number of hydrogen-bond donors (Lipinski definition) is 1. The van der Waals surface area contributed by atoms with E-state index in [9.17, 15) is 4.39 Å². The van der Waals surface area contributed by atoms with Crippen LogP contribution in [0.1, 0.15) is 29.9 Å². The monoisotopic (exact) mass is 274 g/mol. The van der Waals surface area contributed by atoms with Gasteiger partial charge in [0.05, 0.1) is 6.04 Å². The zero-order valence-electron chi connectivity index (χ0n) is 12.2. The van der Waals surface area contributed by atoms with Crippen molar-refractivity contribution < 1.29 is 4.39 Å². The summed E-state index contributed by atoms with van der Waals surface area (Å²) >= 11 is 0. The average molecular weight is 274 g/mol. The fraction of sp³-hybridized carbons (Fsp3) is 0.333. The van der Waals surface area contributed by atoms with Crippen molar-refractivity contribution in [1.29, 1.82) is 0 Å². The lowest BCUT2D eigenvalue weighted by atomic mass is 10.1. The fourth-order valence-electron chi connectivity index (χ4n) is 2.18. The minimum absolute atomic E-state index is 0.149. The van der Waals surface area contributed by atoms with Crippen molar-refractivity contribution in [3.05, 3.63) is 47.0 Å². The highest BCUT2D eigenvalue weighted by Gasteiger charge is 2.19. The molecule has 0 bridgehead atoms. The van der Waals surface area contributed by atoms with Crippen LogP contribution in [0.15, 0.2) is 24.3 Å². The number of halogens is 1. The Labute approximate surface area is 118 Å². The third-order valence-corrected chi connectivity index (χ3v) is 3.54. The van der Waals surface area contributed by atoms with E-state index in [4.69, 9.17) is 5.73 Å². The zero-order valence-corrected chi connectivity index (χ0v) is 12.2. The summed E-state index contributed by atoms with van der Waals surface area (Å²) in [5.41, 5.74) is 7.31. The molecule has 106 valence electrons. The number of nitrogens with two attached hydrogens (primary N) is 1. The molecular formula is C15H19FN4. The Kier molecular flexibility index (Phi) is 3.88. The molecule has 1 aromatic heterocycles. The molecule has 1 aromatic carbocycles. The molecule has 0 aliphatic carbocycles. The number of benzene rings is 1. The van der Waals surface area contributed by atoms with Gasteiger partial charge >= 0.3 is 0 Å². The second-order valence-electron chi connectivity index (χ2n) is 4.91. The van der Waals surface area contributed by atoms with Crippen LogP contribution in [-0.2, 0) is 0 Å². The molecule has 1 unspecified atom stereocenters. The molecule has 0 saturated carbocycles. The van der Waals surface area contributed by atoms with Crippen LogP contribution in [0.3, 0.4) is 0 Å². The van der Waals surface area contributed by atoms with Crippen LogP contribution in [0.25, 0.3) is 0 Å². The maximum Gasteiger partial charge on any atom is 0.137 e. The van der Waals surface area contributed by atoms with Gasteiger partial charge in [0.15, 0.2) is 0 Å². The first-order valence-electron chi connectivity index (χ1n) is 6.49. The highest BCUT2D eigenvalue weighted by molar-refractivity contribution is 5.57. The van der Waals surface area contributed by atoms with Gasteiger partial charge in [-0.15, -0.1) is 0 Å². The van der Waals surface area contributed by atoms with E-state index in [1.807, 2.05) is 31.9 Å². The van der Waals surface area contributed by atoms with E-state index in [1.54, 1.807) is 19.1 Å². The first-order chi connectivity index (χ1) is 9.41. The SMILES string of the molecule is Cc1nc(N)c(C)c(N(C)C(C)c2ccccc2F)n1. The van der Waals surface area contributed by atoms with Crippen LogP contribution in [0, 0.1) is 19.7 Å². The molecule has 0 radical (unpaired) electrons. The van der Waals surface area contributed by atoms with Gasteiger partial charge in [0.1, 0.15) is 23.3 Å². The Morgan fingerprint density at radius 2 is 1.85 bits per heavy atom. The topological polar surface area (TPSA) is 55.0 Å². The Bertz CT molecular complexity index is 627. The Morgan fingerprint density at radius 1 is 1.20 bits per heavy atom. The van der Waals surface area contributed by atoms with Crippen LogP contribution in [0.4, 0.5) is 16.0 Å². The van der Waals surface area contributed by atoms with Gasteiger partial charge in [0, 0.05) is 18.2 Å². The van der Waals surface area contributed by atoms with E-state index in [-0.39, 0.29) is 11.9 Å². The summed E-state index contributed by atoms with van der Waals surface area (Å²) in [6, 6.07) is 6.61. The molecule has 0 aliphatic rings. The summed E-state index contributed by atoms with van der Waals surface area (Å²) in [6.07, 6.45) is 0. The molecule has 2 N–H and O–H groups in total. The summed E-state index contributed by atoms with van der Waals surface area (Å²) in [6.45, 7) is 5.60. The van der Waals surface area contributed by atoms with Crippen molar-refractivity contribution in [2.75, 3.05) is 17.7 Å². The van der Waals surface area contributed by atoms with Crippen LogP contribution >= 0.6 is 0 Å². The Morgan fingerprint density at radius 3 is 2.50 bits per heavy atom. The van der Waals surface area contributed by atoms with Crippen molar-refractivity contribution in [3.8, 4) is 0 Å². The van der Waals surface area contributed by atoms with Gasteiger partial charge in [-0.2, -0.15) is 0 Å². The first kappa shape index (κ1) is 14.2. The standard InChI is InChI=1S/C15H19FN4/c1-9-14(17)18-11(3)19-15(9)20(4)10(2)12-7-5-6-8-13(12)16/h5-8,10H,1-4H3,(H2,17,18,19). The molecule has 0 spiro atoms. The van der Waals surface area contributed by atoms with Crippen LogP contribution in [0.5, 0.6) is 0 Å². The molecule has 1 atom stereocenters. The minimum atomic E-state index is -0.219. The van der Waals surface area contributed by atoms with Gasteiger partial charge in [-0.3, -0.25) is 0 Å². The Balaban J connectivity index is 2.41. The fourth-order valence-corrected chi connectivity index (χ4v) is 2.18. The molecule has 0 saturated heterocycles. The second-order valence-corrected chi connectivity index (χ2v) is 4.91. The molecule has 4 nitrogen and oxygen atoms in total. The van der Waals surface area contributed by atoms with Gasteiger partial charge in [-0.1, -0.05) is 18.2 Å². The normalized spacial score (nSPS) is 12.2. The van der Waals surface area contributed by atoms with E-state index in [0.717, 1.165) is 11.4 Å². The van der Waals surface area contributed by atoms with E-state index in [0.29, 0.717) is 17.2 Å². The zero-order chi connectivity index (χ0) is 14.9. The largest absolute Gasteiger partial charge is 0.383 e. The number of aromatic nitrogens is 2. The highest BCUT2D eigenvalue weighted by atomic mass is 19.1. The number of hydrogen-bond acceptors (Lipinski definition) is 4. The van der Waals surface area contributed by atoms with E-state index >= 15 is 0 Å². The van der Waals surface area contributed by atoms with Crippen molar-refractivity contribution >= 4 is 11.6 Å². The van der Waals surface area contributed by atoms with Gasteiger partial charge < -0.3 is 10.6 Å². The third-order valence-electron chi connectivity index (χ3n) is 3.54. The molecule has 2 rings (SSSR count). The van der Waals surface area contributed by atoms with Gasteiger partial charge in [-0.05, 0) is 26.8 Å². The number of aryl methyl sites for hydroxylation is 1. The lowest BCUT2D eigenvalue weighted by molar-refractivity contribution is 0.583. The van der Waals surface area contributed by atoms with Crippen molar-refractivity contribution in [1.82, 2.24) is 9.97 Å². The van der Waals surface area contributed by atoms with Crippen molar-refractivity contribution in [2.24, 2.45) is 0 Å². The summed E-state index contributed by atoms with van der Waals surface area (Å²) in [4.78, 5) is 10.5. The molecule has 0 amide bonds. The molecular weight excluding hydrogens is 255 g/mol.